The second kappa shape index (κ2) is 8.32. The van der Waals surface area contributed by atoms with Crippen molar-refractivity contribution in [2.45, 2.75) is 32.1 Å². The van der Waals surface area contributed by atoms with Gasteiger partial charge in [-0.05, 0) is 42.2 Å². The Morgan fingerprint density at radius 1 is 1.29 bits per heavy atom. The molecule has 2 heterocycles. The Labute approximate surface area is 187 Å². The minimum Gasteiger partial charge on any atom is -0.508 e. The van der Waals surface area contributed by atoms with Crippen molar-refractivity contribution in [1.82, 2.24) is 4.98 Å². The fraction of sp³-hybridized carbons (Fsp3) is 0.273. The van der Waals surface area contributed by atoms with Gasteiger partial charge in [-0.3, -0.25) is 19.8 Å². The molecule has 1 atom stereocenters. The average molecular weight is 456 g/mol. The van der Waals surface area contributed by atoms with Crippen LogP contribution in [0.5, 0.6) is 5.75 Å². The number of hydrogen-bond donors (Lipinski definition) is 1. The summed E-state index contributed by atoms with van der Waals surface area (Å²) in [5.41, 5.74) is 3.81. The van der Waals surface area contributed by atoms with Crippen LogP contribution in [0.2, 0.25) is 0 Å². The van der Waals surface area contributed by atoms with Crippen LogP contribution in [0.1, 0.15) is 41.8 Å². The third-order valence-electron chi connectivity index (χ3n) is 5.24. The molecule has 1 saturated heterocycles. The number of carbonyl (C=O) groups excluding carboxylic acids is 1. The van der Waals surface area contributed by atoms with Crippen LogP contribution in [0.15, 0.2) is 41.8 Å². The summed E-state index contributed by atoms with van der Waals surface area (Å²) >= 11 is 2.69. The van der Waals surface area contributed by atoms with Crippen molar-refractivity contribution in [2.75, 3.05) is 10.7 Å². The number of anilines is 1. The molecule has 1 aliphatic rings. The van der Waals surface area contributed by atoms with Gasteiger partial charge in [-0.15, -0.1) is 23.1 Å². The molecule has 0 saturated carbocycles. The first-order valence-electron chi connectivity index (χ1n) is 9.74. The molecule has 1 N–H and O–H groups in total. The van der Waals surface area contributed by atoms with Crippen molar-refractivity contribution >= 4 is 39.8 Å². The zero-order valence-corrected chi connectivity index (χ0v) is 18.9. The molecule has 1 aromatic heterocycles. The van der Waals surface area contributed by atoms with Crippen LogP contribution in [0.25, 0.3) is 11.3 Å². The number of hydrogen-bond acceptors (Lipinski definition) is 7. The smallest absolute Gasteiger partial charge is 0.275 e. The number of phenolic OH excluding ortho intramolecular Hbond substituents is 1. The van der Waals surface area contributed by atoms with E-state index in [1.165, 1.54) is 29.2 Å². The molecule has 160 valence electrons. The van der Waals surface area contributed by atoms with Crippen LogP contribution < -0.4 is 4.90 Å². The number of phenols is 1. The van der Waals surface area contributed by atoms with E-state index in [1.807, 2.05) is 32.2 Å². The third-order valence-corrected chi connectivity index (χ3v) is 7.27. The normalized spacial score (nSPS) is 16.3. The van der Waals surface area contributed by atoms with E-state index in [4.69, 9.17) is 4.98 Å². The standard InChI is InChI=1S/C22H21N3O4S2/c1-12(2)15-9-16(13(3)8-19(15)26)17-10-31-22(23-17)24-20(27)11-30-21(24)14-6-4-5-7-18(14)25(28)29/h4-10,12,21,26H,11H2,1-3H3. The second-order valence-corrected chi connectivity index (χ2v) is 9.54. The summed E-state index contributed by atoms with van der Waals surface area (Å²) in [7, 11) is 0. The lowest BCUT2D eigenvalue weighted by molar-refractivity contribution is -0.385. The molecule has 31 heavy (non-hydrogen) atoms. The largest absolute Gasteiger partial charge is 0.508 e. The molecule has 1 amide bonds. The Morgan fingerprint density at radius 3 is 2.74 bits per heavy atom. The van der Waals surface area contributed by atoms with Gasteiger partial charge in [0.2, 0.25) is 5.91 Å². The fourth-order valence-corrected chi connectivity index (χ4v) is 5.79. The molecule has 1 unspecified atom stereocenters. The van der Waals surface area contributed by atoms with Crippen LogP contribution >= 0.6 is 23.1 Å². The lowest BCUT2D eigenvalue weighted by Gasteiger charge is -2.21. The van der Waals surface area contributed by atoms with Gasteiger partial charge in [0.1, 0.15) is 11.1 Å². The number of nitro benzene ring substituents is 1. The molecule has 0 radical (unpaired) electrons. The summed E-state index contributed by atoms with van der Waals surface area (Å²) in [4.78, 5) is 30.1. The molecular weight excluding hydrogens is 434 g/mol. The van der Waals surface area contributed by atoms with E-state index in [0.717, 1.165) is 16.7 Å². The Morgan fingerprint density at radius 2 is 2.03 bits per heavy atom. The molecule has 0 aliphatic carbocycles. The first-order chi connectivity index (χ1) is 14.8. The van der Waals surface area contributed by atoms with E-state index in [2.05, 4.69) is 0 Å². The van der Waals surface area contributed by atoms with Crippen molar-refractivity contribution in [1.29, 1.82) is 0 Å². The minimum atomic E-state index is -0.500. The van der Waals surface area contributed by atoms with E-state index in [9.17, 15) is 20.0 Å². The molecular formula is C22H21N3O4S2. The summed E-state index contributed by atoms with van der Waals surface area (Å²) in [6, 6.07) is 10.2. The van der Waals surface area contributed by atoms with E-state index in [-0.39, 0.29) is 29.0 Å². The van der Waals surface area contributed by atoms with Gasteiger partial charge in [-0.1, -0.05) is 26.0 Å². The number of thioether (sulfide) groups is 1. The van der Waals surface area contributed by atoms with Crippen molar-refractivity contribution in [3.8, 4) is 17.0 Å². The van der Waals surface area contributed by atoms with Crippen LogP contribution in [-0.4, -0.2) is 26.7 Å². The topological polar surface area (TPSA) is 96.6 Å². The summed E-state index contributed by atoms with van der Waals surface area (Å²) < 4.78 is 0. The predicted molar refractivity (Wildman–Crippen MR) is 124 cm³/mol. The van der Waals surface area contributed by atoms with Crippen LogP contribution in [0.4, 0.5) is 10.8 Å². The number of carbonyl (C=O) groups is 1. The van der Waals surface area contributed by atoms with Gasteiger partial charge < -0.3 is 5.11 Å². The maximum Gasteiger partial charge on any atom is 0.275 e. The van der Waals surface area contributed by atoms with Crippen LogP contribution in [0, 0.1) is 17.0 Å². The maximum atomic E-state index is 12.7. The molecule has 9 heteroatoms. The summed E-state index contributed by atoms with van der Waals surface area (Å²) in [5, 5.41) is 23.6. The molecule has 2 aromatic carbocycles. The monoisotopic (exact) mass is 455 g/mol. The van der Waals surface area contributed by atoms with E-state index < -0.39 is 10.3 Å². The highest BCUT2D eigenvalue weighted by atomic mass is 32.2. The van der Waals surface area contributed by atoms with Gasteiger partial charge in [0.05, 0.1) is 21.9 Å². The number of benzene rings is 2. The number of rotatable bonds is 5. The number of nitro groups is 1. The van der Waals surface area contributed by atoms with E-state index >= 15 is 0 Å². The fourth-order valence-electron chi connectivity index (χ4n) is 3.67. The average Bonchev–Trinajstić information content (AvgIpc) is 3.34. The lowest BCUT2D eigenvalue weighted by Crippen LogP contribution is -2.28. The first-order valence-corrected chi connectivity index (χ1v) is 11.7. The second-order valence-electron chi connectivity index (χ2n) is 7.64. The Balaban J connectivity index is 1.74. The minimum absolute atomic E-state index is 0.00701. The van der Waals surface area contributed by atoms with E-state index in [1.54, 1.807) is 29.2 Å². The van der Waals surface area contributed by atoms with Gasteiger partial charge in [0, 0.05) is 17.0 Å². The number of nitrogens with zero attached hydrogens (tertiary/aromatic N) is 3. The molecule has 1 aliphatic heterocycles. The highest BCUT2D eigenvalue weighted by Crippen LogP contribution is 2.46. The predicted octanol–water partition coefficient (Wildman–Crippen LogP) is 5.63. The van der Waals surface area contributed by atoms with Crippen molar-refractivity contribution in [3.63, 3.8) is 0 Å². The van der Waals surface area contributed by atoms with Gasteiger partial charge in [-0.2, -0.15) is 0 Å². The van der Waals surface area contributed by atoms with Gasteiger partial charge in [0.15, 0.2) is 5.13 Å². The molecule has 4 rings (SSSR count). The zero-order valence-electron chi connectivity index (χ0n) is 17.2. The Bertz CT molecular complexity index is 1180. The molecule has 1 fully saturated rings. The molecule has 0 spiro atoms. The van der Waals surface area contributed by atoms with Crippen molar-refractivity contribution in [2.24, 2.45) is 0 Å². The van der Waals surface area contributed by atoms with Gasteiger partial charge in [-0.25, -0.2) is 4.98 Å². The Kier molecular flexibility index (Phi) is 5.72. The first kappa shape index (κ1) is 21.3. The quantitative estimate of drug-likeness (QED) is 0.395. The number of amides is 1. The number of aromatic nitrogens is 1. The maximum absolute atomic E-state index is 12.7. The van der Waals surface area contributed by atoms with Crippen molar-refractivity contribution < 1.29 is 14.8 Å². The van der Waals surface area contributed by atoms with Crippen LogP contribution in [-0.2, 0) is 4.79 Å². The van der Waals surface area contributed by atoms with E-state index in [0.29, 0.717) is 16.4 Å². The SMILES string of the molecule is Cc1cc(O)c(C(C)C)cc1-c1csc(N2C(=O)CSC2c2ccccc2[N+](=O)[O-])n1. The summed E-state index contributed by atoms with van der Waals surface area (Å²) in [6.07, 6.45) is 0. The number of thiazole rings is 1. The number of aromatic hydroxyl groups is 1. The molecule has 3 aromatic rings. The highest BCUT2D eigenvalue weighted by molar-refractivity contribution is 8.00. The van der Waals surface area contributed by atoms with Gasteiger partial charge >= 0.3 is 0 Å². The highest BCUT2D eigenvalue weighted by Gasteiger charge is 2.39. The van der Waals surface area contributed by atoms with Crippen molar-refractivity contribution in [3.05, 3.63) is 68.6 Å². The lowest BCUT2D eigenvalue weighted by atomic mass is 9.95. The number of para-hydroxylation sites is 1. The Hall–Kier alpha value is -2.91. The van der Waals surface area contributed by atoms with Crippen LogP contribution in [0.3, 0.4) is 0 Å². The third kappa shape index (κ3) is 3.90. The number of aryl methyl sites for hydroxylation is 1. The molecule has 7 nitrogen and oxygen atoms in total. The zero-order chi connectivity index (χ0) is 22.3. The summed E-state index contributed by atoms with van der Waals surface area (Å²) in [6.45, 7) is 5.93. The van der Waals surface area contributed by atoms with Gasteiger partial charge in [0.25, 0.3) is 5.69 Å². The summed E-state index contributed by atoms with van der Waals surface area (Å²) in [5.74, 6) is 0.520. The molecule has 0 bridgehead atoms.